The molecule has 0 aliphatic carbocycles. The van der Waals surface area contributed by atoms with E-state index >= 15 is 0 Å². The van der Waals surface area contributed by atoms with Gasteiger partial charge in [0.1, 0.15) is 6.10 Å². The molecule has 2 aliphatic heterocycles. The van der Waals surface area contributed by atoms with Crippen LogP contribution < -0.4 is 5.32 Å². The van der Waals surface area contributed by atoms with E-state index in [1.54, 1.807) is 0 Å². The maximum absolute atomic E-state index is 9.57. The van der Waals surface area contributed by atoms with Gasteiger partial charge >= 0.3 is 0 Å². The Morgan fingerprint density at radius 2 is 1.33 bits per heavy atom. The summed E-state index contributed by atoms with van der Waals surface area (Å²) in [5.74, 6) is 0. The zero-order chi connectivity index (χ0) is 17.6. The SMILES string of the molecule is C1CCNCC1.CCCCCCCCCN1C[C@@H](O)C(O)[C@@H](O)C1. The number of likely N-dealkylation sites (tertiary alicyclic amines) is 1. The van der Waals surface area contributed by atoms with Gasteiger partial charge in [-0.2, -0.15) is 0 Å². The number of aliphatic hydroxyl groups excluding tert-OH is 3. The Kier molecular flexibility index (Phi) is 12.8. The van der Waals surface area contributed by atoms with Crippen LogP contribution in [0.1, 0.15) is 71.1 Å². The first kappa shape index (κ1) is 21.8. The highest BCUT2D eigenvalue weighted by Gasteiger charge is 2.32. The summed E-state index contributed by atoms with van der Waals surface area (Å²) < 4.78 is 0. The van der Waals surface area contributed by atoms with E-state index in [2.05, 4.69) is 12.2 Å². The first-order valence-electron chi connectivity index (χ1n) is 10.1. The third-order valence-corrected chi connectivity index (χ3v) is 4.96. The molecule has 2 rings (SSSR count). The van der Waals surface area contributed by atoms with Crippen LogP contribution in [-0.4, -0.2) is 71.3 Å². The molecular formula is C19H40N2O3. The van der Waals surface area contributed by atoms with Crippen molar-refractivity contribution in [3.63, 3.8) is 0 Å². The second-order valence-electron chi connectivity index (χ2n) is 7.32. The van der Waals surface area contributed by atoms with Gasteiger partial charge in [0, 0.05) is 13.1 Å². The molecule has 1 unspecified atom stereocenters. The summed E-state index contributed by atoms with van der Waals surface area (Å²) in [7, 11) is 0. The van der Waals surface area contributed by atoms with Gasteiger partial charge in [0.2, 0.25) is 0 Å². The van der Waals surface area contributed by atoms with Gasteiger partial charge < -0.3 is 20.6 Å². The van der Waals surface area contributed by atoms with Gasteiger partial charge in [-0.1, -0.05) is 51.9 Å². The molecule has 0 amide bonds. The number of piperidine rings is 2. The molecule has 0 aromatic heterocycles. The maximum Gasteiger partial charge on any atom is 0.108 e. The summed E-state index contributed by atoms with van der Waals surface area (Å²) in [5.41, 5.74) is 0. The molecule has 2 heterocycles. The molecular weight excluding hydrogens is 304 g/mol. The molecule has 5 nitrogen and oxygen atoms in total. The second kappa shape index (κ2) is 14.0. The fourth-order valence-electron chi connectivity index (χ4n) is 3.35. The molecule has 2 saturated heterocycles. The number of aliphatic hydroxyl groups is 3. The Bertz CT molecular complexity index is 264. The quantitative estimate of drug-likeness (QED) is 0.506. The molecule has 24 heavy (non-hydrogen) atoms. The standard InChI is InChI=1S/C14H29NO3.C5H11N/c1-2-3-4-5-6-7-8-9-15-10-12(16)14(18)13(17)11-15;1-2-4-6-5-3-1/h12-14,16-18H,2-11H2,1H3;6H,1-5H2/t12-,13+,14?;. The average molecular weight is 345 g/mol. The minimum atomic E-state index is -0.977. The summed E-state index contributed by atoms with van der Waals surface area (Å²) in [6.07, 6.45) is 10.5. The van der Waals surface area contributed by atoms with Gasteiger partial charge in [-0.3, -0.25) is 4.90 Å². The van der Waals surface area contributed by atoms with Crippen molar-refractivity contribution >= 4 is 0 Å². The lowest BCUT2D eigenvalue weighted by Crippen LogP contribution is -2.55. The van der Waals surface area contributed by atoms with Gasteiger partial charge in [-0.15, -0.1) is 0 Å². The Balaban J connectivity index is 0.000000400. The number of β-amino-alcohol motifs (C(OH)–C–C–N with tert-alkyl or cyclic N) is 2. The number of unbranched alkanes of at least 4 members (excludes halogenated alkanes) is 6. The molecule has 0 aromatic rings. The molecule has 0 saturated carbocycles. The van der Waals surface area contributed by atoms with Crippen LogP contribution in [-0.2, 0) is 0 Å². The predicted octanol–water partition coefficient (Wildman–Crippen LogP) is 1.90. The van der Waals surface area contributed by atoms with E-state index in [1.165, 1.54) is 70.9 Å². The van der Waals surface area contributed by atoms with Crippen molar-refractivity contribution in [1.82, 2.24) is 10.2 Å². The van der Waals surface area contributed by atoms with Gasteiger partial charge in [0.05, 0.1) is 12.2 Å². The van der Waals surface area contributed by atoms with Crippen LogP contribution in [0, 0.1) is 0 Å². The topological polar surface area (TPSA) is 76.0 Å². The van der Waals surface area contributed by atoms with E-state index in [-0.39, 0.29) is 0 Å². The zero-order valence-electron chi connectivity index (χ0n) is 15.6. The summed E-state index contributed by atoms with van der Waals surface area (Å²) in [6, 6.07) is 0. The summed E-state index contributed by atoms with van der Waals surface area (Å²) in [6.45, 7) is 6.60. The highest BCUT2D eigenvalue weighted by molar-refractivity contribution is 4.86. The van der Waals surface area contributed by atoms with E-state index in [0.717, 1.165) is 13.0 Å². The molecule has 0 radical (unpaired) electrons. The summed E-state index contributed by atoms with van der Waals surface area (Å²) >= 11 is 0. The van der Waals surface area contributed by atoms with E-state index in [1.807, 2.05) is 4.90 Å². The fraction of sp³-hybridized carbons (Fsp3) is 1.00. The normalized spacial score (nSPS) is 28.2. The predicted molar refractivity (Wildman–Crippen MR) is 99.2 cm³/mol. The van der Waals surface area contributed by atoms with Crippen molar-refractivity contribution in [3.05, 3.63) is 0 Å². The number of rotatable bonds is 8. The van der Waals surface area contributed by atoms with E-state index in [9.17, 15) is 15.3 Å². The van der Waals surface area contributed by atoms with Crippen LogP contribution in [0.15, 0.2) is 0 Å². The molecule has 2 aliphatic rings. The molecule has 5 heteroatoms. The van der Waals surface area contributed by atoms with E-state index < -0.39 is 18.3 Å². The lowest BCUT2D eigenvalue weighted by Gasteiger charge is -2.36. The first-order chi connectivity index (χ1) is 11.6. The minimum absolute atomic E-state index is 0.480. The number of hydrogen-bond acceptors (Lipinski definition) is 5. The number of nitrogens with one attached hydrogen (secondary N) is 1. The van der Waals surface area contributed by atoms with Crippen LogP contribution in [0.25, 0.3) is 0 Å². The first-order valence-corrected chi connectivity index (χ1v) is 10.1. The fourth-order valence-corrected chi connectivity index (χ4v) is 3.35. The average Bonchev–Trinajstić information content (AvgIpc) is 2.61. The van der Waals surface area contributed by atoms with Crippen molar-refractivity contribution in [3.8, 4) is 0 Å². The lowest BCUT2D eigenvalue weighted by atomic mass is 10.0. The second-order valence-corrected chi connectivity index (χ2v) is 7.32. The van der Waals surface area contributed by atoms with Crippen molar-refractivity contribution in [2.75, 3.05) is 32.7 Å². The number of nitrogens with zero attached hydrogens (tertiary/aromatic N) is 1. The third kappa shape index (κ3) is 9.94. The van der Waals surface area contributed by atoms with Crippen LogP contribution in [0.2, 0.25) is 0 Å². The van der Waals surface area contributed by atoms with E-state index in [4.69, 9.17) is 0 Å². The molecule has 144 valence electrons. The van der Waals surface area contributed by atoms with Crippen molar-refractivity contribution in [2.45, 2.75) is 89.4 Å². The van der Waals surface area contributed by atoms with Gasteiger partial charge in [0.25, 0.3) is 0 Å². The molecule has 0 spiro atoms. The Hall–Kier alpha value is -0.200. The van der Waals surface area contributed by atoms with E-state index in [0.29, 0.717) is 13.1 Å². The smallest absolute Gasteiger partial charge is 0.108 e. The summed E-state index contributed by atoms with van der Waals surface area (Å²) in [4.78, 5) is 2.05. The van der Waals surface area contributed by atoms with Crippen molar-refractivity contribution in [2.24, 2.45) is 0 Å². The molecule has 0 bridgehead atoms. The Morgan fingerprint density at radius 3 is 1.79 bits per heavy atom. The molecule has 2 fully saturated rings. The van der Waals surface area contributed by atoms with Crippen molar-refractivity contribution in [1.29, 1.82) is 0 Å². The lowest BCUT2D eigenvalue weighted by molar-refractivity contribution is -0.109. The zero-order valence-corrected chi connectivity index (χ0v) is 15.6. The van der Waals surface area contributed by atoms with Crippen LogP contribution in [0.5, 0.6) is 0 Å². The van der Waals surface area contributed by atoms with Crippen LogP contribution in [0.4, 0.5) is 0 Å². The van der Waals surface area contributed by atoms with Crippen molar-refractivity contribution < 1.29 is 15.3 Å². The molecule has 3 atom stereocenters. The monoisotopic (exact) mass is 344 g/mol. The number of hydrogen-bond donors (Lipinski definition) is 4. The van der Waals surface area contributed by atoms with Gasteiger partial charge in [-0.25, -0.2) is 0 Å². The molecule has 4 N–H and O–H groups in total. The van der Waals surface area contributed by atoms with Gasteiger partial charge in [0.15, 0.2) is 0 Å². The Labute approximate surface area is 148 Å². The van der Waals surface area contributed by atoms with Crippen LogP contribution >= 0.6 is 0 Å². The van der Waals surface area contributed by atoms with Crippen LogP contribution in [0.3, 0.4) is 0 Å². The highest BCUT2D eigenvalue weighted by Crippen LogP contribution is 2.13. The Morgan fingerprint density at radius 1 is 0.792 bits per heavy atom. The van der Waals surface area contributed by atoms with Gasteiger partial charge in [-0.05, 0) is 38.9 Å². The largest absolute Gasteiger partial charge is 0.389 e. The molecule has 0 aromatic carbocycles. The summed E-state index contributed by atoms with van der Waals surface area (Å²) in [5, 5.41) is 31.8. The maximum atomic E-state index is 9.57. The highest BCUT2D eigenvalue weighted by atomic mass is 16.4. The minimum Gasteiger partial charge on any atom is -0.389 e. The third-order valence-electron chi connectivity index (χ3n) is 4.96.